The van der Waals surface area contributed by atoms with E-state index in [2.05, 4.69) is 4.57 Å². The van der Waals surface area contributed by atoms with Gasteiger partial charge in [0.05, 0.1) is 25.3 Å². The van der Waals surface area contributed by atoms with Gasteiger partial charge in [-0.15, -0.1) is 0 Å². The summed E-state index contributed by atoms with van der Waals surface area (Å²) in [6, 6.07) is 5.47. The monoisotopic (exact) mass is 335 g/mol. The minimum absolute atomic E-state index is 0.0122. The number of hydrogen-bond donors (Lipinski definition) is 1. The van der Waals surface area contributed by atoms with Crippen LogP contribution < -0.4 is 0 Å². The van der Waals surface area contributed by atoms with E-state index in [1.165, 1.54) is 0 Å². The summed E-state index contributed by atoms with van der Waals surface area (Å²) in [6.45, 7) is 10.6. The fourth-order valence-electron chi connectivity index (χ4n) is 3.29. The fraction of sp³-hybridized carbons (Fsp3) is 0.579. The number of aromatic nitrogens is 1. The predicted molar refractivity (Wildman–Crippen MR) is 91.6 cm³/mol. The van der Waals surface area contributed by atoms with E-state index in [-0.39, 0.29) is 18.5 Å². The first-order valence-corrected chi connectivity index (χ1v) is 8.35. The zero-order valence-electron chi connectivity index (χ0n) is 15.0. The summed E-state index contributed by atoms with van der Waals surface area (Å²) in [6.07, 6.45) is -0.104. The van der Waals surface area contributed by atoms with Crippen LogP contribution in [0.15, 0.2) is 18.2 Å². The molecule has 1 saturated heterocycles. The van der Waals surface area contributed by atoms with Crippen LogP contribution in [0.25, 0.3) is 10.9 Å². The number of aliphatic hydroxyl groups excluding tert-OH is 1. The van der Waals surface area contributed by atoms with E-state index in [0.717, 1.165) is 16.6 Å². The molecular weight excluding hydrogens is 309 g/mol. The summed E-state index contributed by atoms with van der Waals surface area (Å²) in [5.41, 5.74) is 1.98. The van der Waals surface area contributed by atoms with Crippen LogP contribution in [0.4, 0.5) is 4.39 Å². The lowest BCUT2D eigenvalue weighted by Gasteiger charge is -2.26. The van der Waals surface area contributed by atoms with E-state index in [1.54, 1.807) is 13.0 Å². The molecule has 0 radical (unpaired) electrons. The van der Waals surface area contributed by atoms with Crippen LogP contribution in [-0.4, -0.2) is 34.8 Å². The van der Waals surface area contributed by atoms with Gasteiger partial charge in [0, 0.05) is 16.5 Å². The highest BCUT2D eigenvalue weighted by Crippen LogP contribution is 2.33. The van der Waals surface area contributed by atoms with Crippen LogP contribution in [0.3, 0.4) is 0 Å². The van der Waals surface area contributed by atoms with Crippen LogP contribution in [0, 0.1) is 12.7 Å². The molecule has 1 aromatic carbocycles. The molecule has 132 valence electrons. The van der Waals surface area contributed by atoms with Crippen LogP contribution in [0.1, 0.15) is 39.0 Å². The number of fused-ring (bicyclic) bond motifs is 1. The van der Waals surface area contributed by atoms with Crippen molar-refractivity contribution in [1.82, 2.24) is 4.57 Å². The summed E-state index contributed by atoms with van der Waals surface area (Å²) in [5, 5.41) is 10.8. The van der Waals surface area contributed by atoms with E-state index in [4.69, 9.17) is 9.47 Å². The average molecular weight is 335 g/mol. The van der Waals surface area contributed by atoms with Crippen molar-refractivity contribution in [3.05, 3.63) is 35.3 Å². The molecule has 1 aliphatic rings. The van der Waals surface area contributed by atoms with Gasteiger partial charge in [0.25, 0.3) is 0 Å². The molecule has 0 amide bonds. The Labute approximate surface area is 142 Å². The van der Waals surface area contributed by atoms with Gasteiger partial charge >= 0.3 is 0 Å². The molecule has 0 saturated carbocycles. The van der Waals surface area contributed by atoms with Crippen molar-refractivity contribution in [2.45, 2.75) is 58.5 Å². The zero-order chi connectivity index (χ0) is 17.7. The molecule has 5 heteroatoms. The maximum absolute atomic E-state index is 14.1. The topological polar surface area (TPSA) is 43.6 Å². The van der Waals surface area contributed by atoms with E-state index in [9.17, 15) is 9.50 Å². The highest BCUT2D eigenvalue weighted by atomic mass is 19.1. The summed E-state index contributed by atoms with van der Waals surface area (Å²) < 4.78 is 27.8. The van der Waals surface area contributed by atoms with Crippen molar-refractivity contribution < 1.29 is 19.0 Å². The number of aryl methyl sites for hydroxylation is 1. The van der Waals surface area contributed by atoms with Gasteiger partial charge in [-0.1, -0.05) is 13.8 Å². The molecule has 1 N–H and O–H groups in total. The molecule has 4 nitrogen and oxygen atoms in total. The van der Waals surface area contributed by atoms with Crippen LogP contribution >= 0.6 is 0 Å². The Morgan fingerprint density at radius 3 is 2.62 bits per heavy atom. The Morgan fingerprint density at radius 2 is 2.04 bits per heavy atom. The SMILES string of the molecule is Cc1cc2cc(C(C)(C)CO)n(CC3COC(C)(C)O3)c2cc1F. The summed E-state index contributed by atoms with van der Waals surface area (Å²) in [5.74, 6) is -0.818. The van der Waals surface area contributed by atoms with Crippen molar-refractivity contribution in [1.29, 1.82) is 0 Å². The van der Waals surface area contributed by atoms with Gasteiger partial charge in [0.2, 0.25) is 0 Å². The van der Waals surface area contributed by atoms with Crippen LogP contribution in [-0.2, 0) is 21.4 Å². The number of rotatable bonds is 4. The highest BCUT2D eigenvalue weighted by Gasteiger charge is 2.34. The Hall–Kier alpha value is -1.43. The number of benzene rings is 1. The Morgan fingerprint density at radius 1 is 1.33 bits per heavy atom. The Balaban J connectivity index is 2.09. The molecule has 1 unspecified atom stereocenters. The summed E-state index contributed by atoms with van der Waals surface area (Å²) in [7, 11) is 0. The Bertz CT molecular complexity index is 764. The normalized spacial score (nSPS) is 20.9. The number of aliphatic hydroxyl groups is 1. The maximum Gasteiger partial charge on any atom is 0.163 e. The zero-order valence-corrected chi connectivity index (χ0v) is 15.0. The second-order valence-corrected chi connectivity index (χ2v) is 7.79. The Kier molecular flexibility index (Phi) is 4.22. The first-order chi connectivity index (χ1) is 11.1. The molecule has 3 rings (SSSR count). The van der Waals surface area contributed by atoms with E-state index in [1.807, 2.05) is 39.8 Å². The third kappa shape index (κ3) is 3.08. The van der Waals surface area contributed by atoms with Gasteiger partial charge in [0.1, 0.15) is 11.9 Å². The minimum Gasteiger partial charge on any atom is -0.395 e. The van der Waals surface area contributed by atoms with Crippen molar-refractivity contribution in [2.75, 3.05) is 13.2 Å². The van der Waals surface area contributed by atoms with Gasteiger partial charge in [0.15, 0.2) is 5.79 Å². The van der Waals surface area contributed by atoms with Gasteiger partial charge in [-0.3, -0.25) is 0 Å². The predicted octanol–water partition coefficient (Wildman–Crippen LogP) is 3.51. The van der Waals surface area contributed by atoms with Crippen molar-refractivity contribution in [3.8, 4) is 0 Å². The average Bonchev–Trinajstić information content (AvgIpc) is 3.01. The maximum atomic E-state index is 14.1. The van der Waals surface area contributed by atoms with Crippen LogP contribution in [0.5, 0.6) is 0 Å². The summed E-state index contributed by atoms with van der Waals surface area (Å²) >= 11 is 0. The van der Waals surface area contributed by atoms with Crippen molar-refractivity contribution in [2.24, 2.45) is 0 Å². The molecular formula is C19H26FNO3. The molecule has 2 aromatic rings. The molecule has 0 spiro atoms. The van der Waals surface area contributed by atoms with Gasteiger partial charge in [-0.05, 0) is 44.5 Å². The molecule has 1 atom stereocenters. The highest BCUT2D eigenvalue weighted by molar-refractivity contribution is 5.82. The number of ether oxygens (including phenoxy) is 2. The lowest BCUT2D eigenvalue weighted by molar-refractivity contribution is -0.139. The second-order valence-electron chi connectivity index (χ2n) is 7.79. The quantitative estimate of drug-likeness (QED) is 0.930. The summed E-state index contributed by atoms with van der Waals surface area (Å²) in [4.78, 5) is 0. The van der Waals surface area contributed by atoms with Gasteiger partial charge in [-0.25, -0.2) is 4.39 Å². The van der Waals surface area contributed by atoms with Crippen molar-refractivity contribution in [3.63, 3.8) is 0 Å². The van der Waals surface area contributed by atoms with E-state index in [0.29, 0.717) is 18.7 Å². The minimum atomic E-state index is -0.595. The van der Waals surface area contributed by atoms with E-state index < -0.39 is 11.2 Å². The largest absolute Gasteiger partial charge is 0.395 e. The third-order valence-electron chi connectivity index (χ3n) is 4.72. The van der Waals surface area contributed by atoms with E-state index >= 15 is 0 Å². The van der Waals surface area contributed by atoms with Gasteiger partial charge < -0.3 is 19.1 Å². The lowest BCUT2D eigenvalue weighted by Crippen LogP contribution is -2.29. The molecule has 0 bridgehead atoms. The number of nitrogens with zero attached hydrogens (tertiary/aromatic N) is 1. The first kappa shape index (κ1) is 17.4. The number of halogens is 1. The van der Waals surface area contributed by atoms with Gasteiger partial charge in [-0.2, -0.15) is 0 Å². The molecule has 0 aliphatic carbocycles. The molecule has 2 heterocycles. The molecule has 24 heavy (non-hydrogen) atoms. The molecule has 1 aliphatic heterocycles. The van der Waals surface area contributed by atoms with Crippen LogP contribution in [0.2, 0.25) is 0 Å². The second kappa shape index (κ2) is 5.83. The molecule has 1 aromatic heterocycles. The number of hydrogen-bond acceptors (Lipinski definition) is 3. The smallest absolute Gasteiger partial charge is 0.163 e. The third-order valence-corrected chi connectivity index (χ3v) is 4.72. The lowest BCUT2D eigenvalue weighted by atomic mass is 9.90. The fourth-order valence-corrected chi connectivity index (χ4v) is 3.29. The van der Waals surface area contributed by atoms with Crippen molar-refractivity contribution >= 4 is 10.9 Å². The first-order valence-electron chi connectivity index (χ1n) is 8.35. The standard InChI is InChI=1S/C19H26FNO3/c1-12-6-13-7-17(18(2,3)11-22)21(16(13)8-15(12)20)9-14-10-23-19(4,5)24-14/h6-8,14,22H,9-11H2,1-5H3. The molecule has 1 fully saturated rings.